The Balaban J connectivity index is 1.84. The fraction of sp³-hybridized carbons (Fsp3) is 0.500. The lowest BCUT2D eigenvalue weighted by atomic mass is 10.0. The van der Waals surface area contributed by atoms with Gasteiger partial charge in [0.15, 0.2) is 0 Å². The smallest absolute Gasteiger partial charge is 0.126 e. The number of rotatable bonds is 3. The van der Waals surface area contributed by atoms with Gasteiger partial charge in [-0.05, 0) is 24.5 Å². The van der Waals surface area contributed by atoms with Crippen LogP contribution >= 0.6 is 0 Å². The van der Waals surface area contributed by atoms with Crippen LogP contribution in [0.2, 0.25) is 0 Å². The SMILES string of the molecule is Fc1ccccc1CCC1COCCN1. The average Bonchev–Trinajstić information content (AvgIpc) is 2.29. The molecule has 3 heteroatoms. The molecule has 1 saturated heterocycles. The van der Waals surface area contributed by atoms with Crippen molar-refractivity contribution >= 4 is 0 Å². The third-order valence-electron chi connectivity index (χ3n) is 2.72. The first-order valence-corrected chi connectivity index (χ1v) is 5.41. The summed E-state index contributed by atoms with van der Waals surface area (Å²) in [6.07, 6.45) is 1.70. The molecular formula is C12H16FNO. The van der Waals surface area contributed by atoms with Gasteiger partial charge in [-0.25, -0.2) is 4.39 Å². The second-order valence-electron chi connectivity index (χ2n) is 3.86. The quantitative estimate of drug-likeness (QED) is 0.818. The zero-order valence-corrected chi connectivity index (χ0v) is 8.71. The zero-order valence-electron chi connectivity index (χ0n) is 8.71. The van der Waals surface area contributed by atoms with Gasteiger partial charge in [0.25, 0.3) is 0 Å². The summed E-state index contributed by atoms with van der Waals surface area (Å²) in [6, 6.07) is 7.33. The fourth-order valence-corrected chi connectivity index (χ4v) is 1.84. The van der Waals surface area contributed by atoms with E-state index >= 15 is 0 Å². The Labute approximate surface area is 89.4 Å². The van der Waals surface area contributed by atoms with Crippen molar-refractivity contribution in [1.82, 2.24) is 5.32 Å². The maximum absolute atomic E-state index is 13.3. The summed E-state index contributed by atoms with van der Waals surface area (Å²) < 4.78 is 18.6. The molecule has 1 unspecified atom stereocenters. The lowest BCUT2D eigenvalue weighted by molar-refractivity contribution is 0.0743. The van der Waals surface area contributed by atoms with Gasteiger partial charge < -0.3 is 10.1 Å². The Morgan fingerprint density at radius 1 is 1.40 bits per heavy atom. The van der Waals surface area contributed by atoms with E-state index in [9.17, 15) is 4.39 Å². The number of aryl methyl sites for hydroxylation is 1. The molecule has 2 nitrogen and oxygen atoms in total. The summed E-state index contributed by atoms with van der Waals surface area (Å²) in [5.74, 6) is -0.103. The first-order chi connectivity index (χ1) is 7.36. The van der Waals surface area contributed by atoms with E-state index in [2.05, 4.69) is 5.32 Å². The zero-order chi connectivity index (χ0) is 10.5. The van der Waals surface area contributed by atoms with Gasteiger partial charge in [-0.15, -0.1) is 0 Å². The highest BCUT2D eigenvalue weighted by molar-refractivity contribution is 5.17. The van der Waals surface area contributed by atoms with Crippen molar-refractivity contribution in [2.45, 2.75) is 18.9 Å². The molecule has 2 rings (SSSR count). The number of nitrogens with one attached hydrogen (secondary N) is 1. The standard InChI is InChI=1S/C12H16FNO/c13-12-4-2-1-3-10(12)5-6-11-9-15-8-7-14-11/h1-4,11,14H,5-9H2. The highest BCUT2D eigenvalue weighted by atomic mass is 19.1. The fourth-order valence-electron chi connectivity index (χ4n) is 1.84. The van der Waals surface area contributed by atoms with Gasteiger partial charge in [-0.2, -0.15) is 0 Å². The van der Waals surface area contributed by atoms with E-state index in [0.717, 1.165) is 38.2 Å². The summed E-state index contributed by atoms with van der Waals surface area (Å²) in [7, 11) is 0. The van der Waals surface area contributed by atoms with Crippen molar-refractivity contribution in [1.29, 1.82) is 0 Å². The molecule has 0 radical (unpaired) electrons. The Kier molecular flexibility index (Phi) is 3.69. The number of benzene rings is 1. The Hall–Kier alpha value is -0.930. The van der Waals surface area contributed by atoms with Gasteiger partial charge in [-0.1, -0.05) is 18.2 Å². The lowest BCUT2D eigenvalue weighted by Gasteiger charge is -2.23. The summed E-state index contributed by atoms with van der Waals surface area (Å²) >= 11 is 0. The topological polar surface area (TPSA) is 21.3 Å². The van der Waals surface area contributed by atoms with E-state index in [0.29, 0.717) is 6.04 Å². The number of ether oxygens (including phenoxy) is 1. The van der Waals surface area contributed by atoms with E-state index in [4.69, 9.17) is 4.74 Å². The second kappa shape index (κ2) is 5.24. The van der Waals surface area contributed by atoms with Crippen LogP contribution in [-0.4, -0.2) is 25.8 Å². The average molecular weight is 209 g/mol. The maximum Gasteiger partial charge on any atom is 0.126 e. The molecule has 1 N–H and O–H groups in total. The summed E-state index contributed by atoms with van der Waals surface area (Å²) in [4.78, 5) is 0. The predicted molar refractivity (Wildman–Crippen MR) is 57.3 cm³/mol. The van der Waals surface area contributed by atoms with Gasteiger partial charge in [0.2, 0.25) is 0 Å². The molecule has 1 aromatic rings. The van der Waals surface area contributed by atoms with Gasteiger partial charge in [0.1, 0.15) is 5.82 Å². The molecule has 1 atom stereocenters. The molecule has 15 heavy (non-hydrogen) atoms. The molecule has 1 aliphatic heterocycles. The van der Waals surface area contributed by atoms with Crippen LogP contribution in [0.4, 0.5) is 4.39 Å². The molecule has 0 amide bonds. The van der Waals surface area contributed by atoms with Gasteiger partial charge in [0.05, 0.1) is 13.2 Å². The van der Waals surface area contributed by atoms with E-state index in [1.165, 1.54) is 6.07 Å². The molecule has 82 valence electrons. The molecular weight excluding hydrogens is 193 g/mol. The van der Waals surface area contributed by atoms with E-state index in [-0.39, 0.29) is 5.82 Å². The monoisotopic (exact) mass is 209 g/mol. The number of hydrogen-bond acceptors (Lipinski definition) is 2. The normalized spacial score (nSPS) is 21.5. The van der Waals surface area contributed by atoms with Crippen LogP contribution in [0.5, 0.6) is 0 Å². The van der Waals surface area contributed by atoms with Crippen LogP contribution < -0.4 is 5.32 Å². The van der Waals surface area contributed by atoms with Gasteiger partial charge in [0, 0.05) is 12.6 Å². The van der Waals surface area contributed by atoms with Crippen molar-refractivity contribution in [3.63, 3.8) is 0 Å². The number of hydrogen-bond donors (Lipinski definition) is 1. The molecule has 1 fully saturated rings. The van der Waals surface area contributed by atoms with Gasteiger partial charge in [-0.3, -0.25) is 0 Å². The lowest BCUT2D eigenvalue weighted by Crippen LogP contribution is -2.41. The van der Waals surface area contributed by atoms with Crippen molar-refractivity contribution in [3.05, 3.63) is 35.6 Å². The van der Waals surface area contributed by atoms with Crippen LogP contribution in [0.3, 0.4) is 0 Å². The highest BCUT2D eigenvalue weighted by Gasteiger charge is 2.13. The summed E-state index contributed by atoms with van der Waals surface area (Å²) in [6.45, 7) is 2.44. The first kappa shape index (κ1) is 10.6. The van der Waals surface area contributed by atoms with Gasteiger partial charge >= 0.3 is 0 Å². The van der Waals surface area contributed by atoms with Crippen molar-refractivity contribution in [2.24, 2.45) is 0 Å². The Morgan fingerprint density at radius 2 is 2.27 bits per heavy atom. The summed E-state index contributed by atoms with van der Waals surface area (Å²) in [5, 5.41) is 3.36. The Bertz CT molecular complexity index is 310. The minimum Gasteiger partial charge on any atom is -0.379 e. The van der Waals surface area contributed by atoms with E-state index in [1.54, 1.807) is 6.07 Å². The first-order valence-electron chi connectivity index (χ1n) is 5.41. The Morgan fingerprint density at radius 3 is 3.00 bits per heavy atom. The minimum atomic E-state index is -0.103. The van der Waals surface area contributed by atoms with Crippen LogP contribution in [-0.2, 0) is 11.2 Å². The molecule has 1 aromatic carbocycles. The molecule has 0 aliphatic carbocycles. The predicted octanol–water partition coefficient (Wildman–Crippen LogP) is 1.75. The molecule has 0 bridgehead atoms. The van der Waals surface area contributed by atoms with Crippen LogP contribution in [0.15, 0.2) is 24.3 Å². The summed E-state index contributed by atoms with van der Waals surface area (Å²) in [5.41, 5.74) is 0.796. The highest BCUT2D eigenvalue weighted by Crippen LogP contribution is 2.11. The molecule has 1 aliphatic rings. The second-order valence-corrected chi connectivity index (χ2v) is 3.86. The third-order valence-corrected chi connectivity index (χ3v) is 2.72. The molecule has 0 spiro atoms. The van der Waals surface area contributed by atoms with Crippen molar-refractivity contribution < 1.29 is 9.13 Å². The van der Waals surface area contributed by atoms with E-state index in [1.807, 2.05) is 12.1 Å². The van der Waals surface area contributed by atoms with Crippen molar-refractivity contribution in [3.8, 4) is 0 Å². The van der Waals surface area contributed by atoms with Crippen LogP contribution in [0.1, 0.15) is 12.0 Å². The van der Waals surface area contributed by atoms with E-state index < -0.39 is 0 Å². The molecule has 0 aromatic heterocycles. The van der Waals surface area contributed by atoms with Crippen LogP contribution in [0.25, 0.3) is 0 Å². The van der Waals surface area contributed by atoms with Crippen LogP contribution in [0, 0.1) is 5.82 Å². The minimum absolute atomic E-state index is 0.103. The number of halogens is 1. The molecule has 0 saturated carbocycles. The largest absolute Gasteiger partial charge is 0.379 e. The third kappa shape index (κ3) is 3.01. The maximum atomic E-state index is 13.3. The molecule has 1 heterocycles. The van der Waals surface area contributed by atoms with Crippen molar-refractivity contribution in [2.75, 3.05) is 19.8 Å². The number of morpholine rings is 1.